The summed E-state index contributed by atoms with van der Waals surface area (Å²) in [7, 11) is 3.54. The van der Waals surface area contributed by atoms with Crippen LogP contribution in [0.4, 0.5) is 4.79 Å². The highest BCUT2D eigenvalue weighted by molar-refractivity contribution is 7.99. The van der Waals surface area contributed by atoms with E-state index in [0.29, 0.717) is 5.75 Å². The minimum absolute atomic E-state index is 0.455. The molecule has 0 heterocycles. The maximum Gasteiger partial charge on any atom is 0.407 e. The van der Waals surface area contributed by atoms with Crippen molar-refractivity contribution in [1.29, 1.82) is 0 Å². The Labute approximate surface area is 138 Å². The SMILES string of the molecule is COC(=O)N[C@@H](C(=O)OC)[C@H](SCc1ccccc1)C(=O)OC. The molecule has 23 heavy (non-hydrogen) atoms. The topological polar surface area (TPSA) is 90.9 Å². The van der Waals surface area contributed by atoms with Gasteiger partial charge in [0.05, 0.1) is 21.3 Å². The standard InChI is InChI=1S/C15H19NO6S/c1-20-13(17)11(16-15(19)22-3)12(14(18)21-2)23-9-10-7-5-4-6-8-10/h4-8,11-12H,9H2,1-3H3,(H,16,19)/t11-,12+/m1/s1. The number of esters is 2. The van der Waals surface area contributed by atoms with E-state index in [-0.39, 0.29) is 0 Å². The molecule has 2 atom stereocenters. The number of methoxy groups -OCH3 is 3. The van der Waals surface area contributed by atoms with Gasteiger partial charge in [-0.25, -0.2) is 9.59 Å². The second-order valence-electron chi connectivity index (χ2n) is 4.38. The number of carbonyl (C=O) groups excluding carboxylic acids is 3. The molecule has 0 spiro atoms. The number of benzene rings is 1. The molecule has 0 aromatic heterocycles. The summed E-state index contributed by atoms with van der Waals surface area (Å²) < 4.78 is 13.9. The fourth-order valence-corrected chi connectivity index (χ4v) is 2.92. The molecule has 8 heteroatoms. The lowest BCUT2D eigenvalue weighted by molar-refractivity contribution is -0.148. The Kier molecular flexibility index (Phi) is 7.96. The maximum absolute atomic E-state index is 12.0. The van der Waals surface area contributed by atoms with E-state index in [1.165, 1.54) is 26.0 Å². The summed E-state index contributed by atoms with van der Waals surface area (Å²) >= 11 is 1.17. The Bertz CT molecular complexity index is 536. The lowest BCUT2D eigenvalue weighted by atomic mass is 10.2. The van der Waals surface area contributed by atoms with E-state index in [9.17, 15) is 14.4 Å². The van der Waals surface area contributed by atoms with Gasteiger partial charge in [0.2, 0.25) is 0 Å². The fourth-order valence-electron chi connectivity index (χ4n) is 1.75. The predicted molar refractivity (Wildman–Crippen MR) is 84.9 cm³/mol. The van der Waals surface area contributed by atoms with Crippen molar-refractivity contribution >= 4 is 29.8 Å². The molecule has 0 unspecified atom stereocenters. The summed E-state index contributed by atoms with van der Waals surface area (Å²) in [6, 6.07) is 8.18. The van der Waals surface area contributed by atoms with E-state index in [0.717, 1.165) is 12.7 Å². The zero-order valence-electron chi connectivity index (χ0n) is 13.1. The molecule has 126 valence electrons. The number of rotatable bonds is 7. The molecule has 1 aromatic rings. The summed E-state index contributed by atoms with van der Waals surface area (Å²) in [4.78, 5) is 35.4. The number of hydrogen-bond acceptors (Lipinski definition) is 7. The van der Waals surface area contributed by atoms with Crippen LogP contribution in [-0.4, -0.2) is 50.7 Å². The average Bonchev–Trinajstić information content (AvgIpc) is 2.60. The van der Waals surface area contributed by atoms with Gasteiger partial charge in [0.15, 0.2) is 6.04 Å². The van der Waals surface area contributed by atoms with Crippen molar-refractivity contribution in [1.82, 2.24) is 5.32 Å². The van der Waals surface area contributed by atoms with Crippen molar-refractivity contribution in [2.75, 3.05) is 21.3 Å². The third-order valence-corrected chi connectivity index (χ3v) is 4.25. The predicted octanol–water partition coefficient (Wildman–Crippen LogP) is 1.36. The molecule has 1 aromatic carbocycles. The van der Waals surface area contributed by atoms with Crippen LogP contribution in [0.1, 0.15) is 5.56 Å². The van der Waals surface area contributed by atoms with Crippen molar-refractivity contribution in [2.45, 2.75) is 17.0 Å². The number of thioether (sulfide) groups is 1. The first-order chi connectivity index (χ1) is 11.0. The number of ether oxygens (including phenoxy) is 3. The Morgan fingerprint density at radius 1 is 1.00 bits per heavy atom. The number of nitrogens with one attached hydrogen (secondary N) is 1. The van der Waals surface area contributed by atoms with E-state index < -0.39 is 29.3 Å². The highest BCUT2D eigenvalue weighted by Crippen LogP contribution is 2.22. The van der Waals surface area contributed by atoms with Gasteiger partial charge >= 0.3 is 18.0 Å². The first kappa shape index (κ1) is 18.8. The van der Waals surface area contributed by atoms with Crippen LogP contribution in [0.25, 0.3) is 0 Å². The van der Waals surface area contributed by atoms with Gasteiger partial charge in [-0.3, -0.25) is 4.79 Å². The average molecular weight is 341 g/mol. The molecule has 0 saturated carbocycles. The Hall–Kier alpha value is -2.22. The second kappa shape index (κ2) is 9.73. The lowest BCUT2D eigenvalue weighted by Crippen LogP contribution is -2.51. The summed E-state index contributed by atoms with van der Waals surface area (Å²) in [5.41, 5.74) is 0.966. The molecular formula is C15H19NO6S. The fraction of sp³-hybridized carbons (Fsp3) is 0.400. The van der Waals surface area contributed by atoms with Crippen LogP contribution in [0.2, 0.25) is 0 Å². The monoisotopic (exact) mass is 341 g/mol. The van der Waals surface area contributed by atoms with E-state index in [1.807, 2.05) is 30.3 Å². The normalized spacial score (nSPS) is 12.7. The Morgan fingerprint density at radius 3 is 2.13 bits per heavy atom. The molecule has 1 N–H and O–H groups in total. The smallest absolute Gasteiger partial charge is 0.407 e. The van der Waals surface area contributed by atoms with Crippen LogP contribution in [0, 0.1) is 0 Å². The molecule has 0 aliphatic rings. The van der Waals surface area contributed by atoms with E-state index >= 15 is 0 Å². The minimum atomic E-state index is -1.21. The van der Waals surface area contributed by atoms with Crippen molar-refractivity contribution in [3.05, 3.63) is 35.9 Å². The van der Waals surface area contributed by atoms with Crippen LogP contribution in [0.5, 0.6) is 0 Å². The van der Waals surface area contributed by atoms with E-state index in [1.54, 1.807) is 0 Å². The van der Waals surface area contributed by atoms with Gasteiger partial charge in [-0.1, -0.05) is 30.3 Å². The third-order valence-electron chi connectivity index (χ3n) is 2.92. The van der Waals surface area contributed by atoms with E-state index in [2.05, 4.69) is 14.8 Å². The van der Waals surface area contributed by atoms with Gasteiger partial charge in [0.1, 0.15) is 5.25 Å². The van der Waals surface area contributed by atoms with Gasteiger partial charge in [-0.2, -0.15) is 0 Å². The Balaban J connectivity index is 2.92. The van der Waals surface area contributed by atoms with Crippen LogP contribution < -0.4 is 5.32 Å². The zero-order chi connectivity index (χ0) is 17.2. The van der Waals surface area contributed by atoms with Crippen LogP contribution in [0.3, 0.4) is 0 Å². The van der Waals surface area contributed by atoms with Gasteiger partial charge in [0.25, 0.3) is 0 Å². The number of alkyl carbamates (subject to hydrolysis) is 1. The van der Waals surface area contributed by atoms with Gasteiger partial charge in [-0.05, 0) is 5.56 Å². The summed E-state index contributed by atoms with van der Waals surface area (Å²) in [5.74, 6) is -0.944. The van der Waals surface area contributed by atoms with Crippen molar-refractivity contribution < 1.29 is 28.6 Å². The van der Waals surface area contributed by atoms with Gasteiger partial charge < -0.3 is 19.5 Å². The molecule has 7 nitrogen and oxygen atoms in total. The van der Waals surface area contributed by atoms with Gasteiger partial charge in [0, 0.05) is 5.75 Å². The third kappa shape index (κ3) is 5.82. The van der Waals surface area contributed by atoms with Crippen molar-refractivity contribution in [2.24, 2.45) is 0 Å². The molecule has 0 radical (unpaired) electrons. The summed E-state index contributed by atoms with van der Waals surface area (Å²) in [5, 5.41) is 1.35. The lowest BCUT2D eigenvalue weighted by Gasteiger charge is -2.23. The summed E-state index contributed by atoms with van der Waals surface area (Å²) in [6.45, 7) is 0. The van der Waals surface area contributed by atoms with Crippen LogP contribution in [-0.2, 0) is 29.6 Å². The largest absolute Gasteiger partial charge is 0.468 e. The zero-order valence-corrected chi connectivity index (χ0v) is 13.9. The van der Waals surface area contributed by atoms with Crippen molar-refractivity contribution in [3.63, 3.8) is 0 Å². The van der Waals surface area contributed by atoms with Crippen LogP contribution >= 0.6 is 11.8 Å². The highest BCUT2D eigenvalue weighted by Gasteiger charge is 2.37. The summed E-state index contributed by atoms with van der Waals surface area (Å²) in [6.07, 6.45) is -0.838. The van der Waals surface area contributed by atoms with E-state index in [4.69, 9.17) is 4.74 Å². The minimum Gasteiger partial charge on any atom is -0.468 e. The molecule has 0 aliphatic heterocycles. The molecule has 1 rings (SSSR count). The molecule has 0 fully saturated rings. The number of carbonyl (C=O) groups is 3. The molecule has 0 aliphatic carbocycles. The number of amides is 1. The first-order valence-electron chi connectivity index (χ1n) is 6.69. The second-order valence-corrected chi connectivity index (χ2v) is 5.51. The van der Waals surface area contributed by atoms with Crippen LogP contribution in [0.15, 0.2) is 30.3 Å². The van der Waals surface area contributed by atoms with Crippen molar-refractivity contribution in [3.8, 4) is 0 Å². The quantitative estimate of drug-likeness (QED) is 0.591. The Morgan fingerprint density at radius 2 is 1.61 bits per heavy atom. The number of hydrogen-bond donors (Lipinski definition) is 1. The maximum atomic E-state index is 12.0. The first-order valence-corrected chi connectivity index (χ1v) is 7.74. The van der Waals surface area contributed by atoms with Gasteiger partial charge in [-0.15, -0.1) is 11.8 Å². The highest BCUT2D eigenvalue weighted by atomic mass is 32.2. The molecule has 0 saturated heterocycles. The molecule has 0 bridgehead atoms. The molecular weight excluding hydrogens is 322 g/mol. The molecule has 1 amide bonds.